The molecule has 178 valence electrons. The van der Waals surface area contributed by atoms with Gasteiger partial charge in [0.25, 0.3) is 5.91 Å². The molecule has 0 unspecified atom stereocenters. The summed E-state index contributed by atoms with van der Waals surface area (Å²) in [4.78, 5) is 18.9. The Morgan fingerprint density at radius 1 is 1.18 bits per heavy atom. The van der Waals surface area contributed by atoms with Crippen molar-refractivity contribution < 1.29 is 13.2 Å². The van der Waals surface area contributed by atoms with Crippen LogP contribution in [0, 0.1) is 17.2 Å². The summed E-state index contributed by atoms with van der Waals surface area (Å²) in [5, 5.41) is 12.9. The van der Waals surface area contributed by atoms with Crippen LogP contribution in [-0.2, 0) is 14.6 Å². The quantitative estimate of drug-likeness (QED) is 0.309. The van der Waals surface area contributed by atoms with Crippen molar-refractivity contribution >= 4 is 27.3 Å². The molecular formula is C23H32N6O3S. The van der Waals surface area contributed by atoms with Crippen LogP contribution in [0.15, 0.2) is 45.9 Å². The van der Waals surface area contributed by atoms with E-state index in [4.69, 9.17) is 11.5 Å². The maximum atomic E-state index is 12.0. The third-order valence-electron chi connectivity index (χ3n) is 6.39. The first-order valence-corrected chi connectivity index (χ1v) is 13.1. The summed E-state index contributed by atoms with van der Waals surface area (Å²) in [7, 11) is -3.32. The van der Waals surface area contributed by atoms with Crippen molar-refractivity contribution in [2.24, 2.45) is 22.4 Å². The lowest BCUT2D eigenvalue weighted by atomic mass is 9.81. The molecule has 1 aliphatic heterocycles. The van der Waals surface area contributed by atoms with Crippen molar-refractivity contribution in [3.05, 3.63) is 36.0 Å². The predicted molar refractivity (Wildman–Crippen MR) is 127 cm³/mol. The highest BCUT2D eigenvalue weighted by atomic mass is 32.2. The summed E-state index contributed by atoms with van der Waals surface area (Å²) in [5.74, 6) is -1.01. The lowest BCUT2D eigenvalue weighted by Gasteiger charge is -2.40. The van der Waals surface area contributed by atoms with Gasteiger partial charge in [-0.15, -0.1) is 0 Å². The minimum atomic E-state index is -3.32. The first-order valence-electron chi connectivity index (χ1n) is 11.2. The molecular weight excluding hydrogens is 440 g/mol. The molecule has 5 N–H and O–H groups in total. The Morgan fingerprint density at radius 3 is 2.42 bits per heavy atom. The van der Waals surface area contributed by atoms with E-state index in [2.05, 4.69) is 21.3 Å². The molecule has 33 heavy (non-hydrogen) atoms. The number of hydrogen-bond acceptors (Lipinski definition) is 7. The molecule has 1 heterocycles. The number of aliphatic imine (C=N–C) groups is 1. The molecule has 0 radical (unpaired) electrons. The van der Waals surface area contributed by atoms with Gasteiger partial charge in [-0.25, -0.2) is 13.4 Å². The summed E-state index contributed by atoms with van der Waals surface area (Å²) in [5.41, 5.74) is 11.9. The minimum absolute atomic E-state index is 0.0111. The van der Waals surface area contributed by atoms with Crippen LogP contribution < -0.4 is 16.8 Å². The van der Waals surface area contributed by atoms with Crippen LogP contribution in [0.5, 0.6) is 0 Å². The van der Waals surface area contributed by atoms with Crippen LogP contribution in [0.3, 0.4) is 0 Å². The monoisotopic (exact) mass is 472 g/mol. The van der Waals surface area contributed by atoms with Crippen molar-refractivity contribution in [1.29, 1.82) is 5.26 Å². The smallest absolute Gasteiger partial charge is 0.253 e. The molecule has 1 amide bonds. The van der Waals surface area contributed by atoms with Crippen molar-refractivity contribution in [3.8, 4) is 6.07 Å². The van der Waals surface area contributed by atoms with Crippen LogP contribution in [0.4, 0.5) is 5.69 Å². The summed E-state index contributed by atoms with van der Waals surface area (Å²) < 4.78 is 23.2. The first kappa shape index (κ1) is 24.7. The molecule has 2 fully saturated rings. The number of nitriles is 1. The number of primary amides is 1. The van der Waals surface area contributed by atoms with Gasteiger partial charge in [0.05, 0.1) is 28.1 Å². The van der Waals surface area contributed by atoms with Crippen LogP contribution >= 0.6 is 0 Å². The van der Waals surface area contributed by atoms with Gasteiger partial charge in [0.2, 0.25) is 0 Å². The lowest BCUT2D eigenvalue weighted by molar-refractivity contribution is -0.114. The molecule has 10 heteroatoms. The van der Waals surface area contributed by atoms with E-state index in [1.54, 1.807) is 0 Å². The highest BCUT2D eigenvalue weighted by Gasteiger charge is 2.33. The van der Waals surface area contributed by atoms with Crippen molar-refractivity contribution in [2.45, 2.75) is 55.5 Å². The number of carbonyl (C=O) groups is 1. The number of benzene rings is 1. The average molecular weight is 473 g/mol. The highest BCUT2D eigenvalue weighted by molar-refractivity contribution is 7.90. The Labute approximate surface area is 195 Å². The summed E-state index contributed by atoms with van der Waals surface area (Å²) in [6, 6.07) is 8.59. The van der Waals surface area contributed by atoms with E-state index < -0.39 is 15.7 Å². The maximum Gasteiger partial charge on any atom is 0.253 e. The Kier molecular flexibility index (Phi) is 8.10. The van der Waals surface area contributed by atoms with Gasteiger partial charge in [-0.3, -0.25) is 4.79 Å². The molecule has 2 aliphatic rings. The third kappa shape index (κ3) is 6.55. The predicted octanol–water partition coefficient (Wildman–Crippen LogP) is 1.58. The number of hydrogen-bond donors (Lipinski definition) is 3. The van der Waals surface area contributed by atoms with E-state index in [1.807, 2.05) is 0 Å². The Balaban J connectivity index is 1.69. The molecule has 0 spiro atoms. The number of carbonyl (C=O) groups excluding carboxylic acids is 1. The van der Waals surface area contributed by atoms with Gasteiger partial charge < -0.3 is 21.7 Å². The summed E-state index contributed by atoms with van der Waals surface area (Å²) in [6.07, 6.45) is 8.88. The fraction of sp³-hybridized carbons (Fsp3) is 0.522. The van der Waals surface area contributed by atoms with Crippen molar-refractivity contribution in [1.82, 2.24) is 10.2 Å². The van der Waals surface area contributed by atoms with E-state index >= 15 is 0 Å². The second kappa shape index (κ2) is 10.8. The number of amidine groups is 1. The van der Waals surface area contributed by atoms with Crippen molar-refractivity contribution in [2.75, 3.05) is 19.3 Å². The lowest BCUT2D eigenvalue weighted by Crippen LogP contribution is -2.47. The number of nitrogens with one attached hydrogen (secondary N) is 1. The van der Waals surface area contributed by atoms with Crippen LogP contribution in [0.2, 0.25) is 0 Å². The second-order valence-corrected chi connectivity index (χ2v) is 10.8. The van der Waals surface area contributed by atoms with Gasteiger partial charge in [-0.2, -0.15) is 5.26 Å². The topological polar surface area (TPSA) is 155 Å². The number of piperidine rings is 1. The summed E-state index contributed by atoms with van der Waals surface area (Å²) in [6.45, 7) is 2.20. The average Bonchev–Trinajstić information content (AvgIpc) is 2.79. The van der Waals surface area contributed by atoms with Crippen molar-refractivity contribution in [3.63, 3.8) is 0 Å². The molecule has 1 aliphatic carbocycles. The van der Waals surface area contributed by atoms with E-state index in [9.17, 15) is 18.5 Å². The Morgan fingerprint density at radius 2 is 1.85 bits per heavy atom. The highest BCUT2D eigenvalue weighted by Crippen LogP contribution is 2.29. The molecule has 1 aromatic rings. The number of nitrogens with zero attached hydrogens (tertiary/aromatic N) is 3. The van der Waals surface area contributed by atoms with Gasteiger partial charge in [0.15, 0.2) is 9.84 Å². The van der Waals surface area contributed by atoms with Gasteiger partial charge in [0.1, 0.15) is 5.84 Å². The number of sulfone groups is 1. The largest absolute Gasteiger partial charge is 0.386 e. The SMILES string of the molecule is CS(=O)(=O)c1ccc(N=C(N)/C(=C\N[C@H]2CC[C@H](N3CCCCC3)C[C@@H]2C#N)C(N)=O)cc1. The van der Waals surface area contributed by atoms with E-state index in [0.29, 0.717) is 11.7 Å². The van der Waals surface area contributed by atoms with Gasteiger partial charge >= 0.3 is 0 Å². The van der Waals surface area contributed by atoms with E-state index in [-0.39, 0.29) is 28.3 Å². The van der Waals surface area contributed by atoms with Gasteiger partial charge in [0, 0.05) is 24.5 Å². The van der Waals surface area contributed by atoms with E-state index in [0.717, 1.165) is 38.6 Å². The Bertz CT molecular complexity index is 1050. The van der Waals surface area contributed by atoms with E-state index in [1.165, 1.54) is 49.7 Å². The zero-order valence-corrected chi connectivity index (χ0v) is 19.7. The third-order valence-corrected chi connectivity index (χ3v) is 7.52. The number of likely N-dealkylation sites (tertiary alicyclic amines) is 1. The molecule has 3 rings (SSSR count). The second-order valence-electron chi connectivity index (χ2n) is 8.76. The van der Waals surface area contributed by atoms with Crippen LogP contribution in [0.1, 0.15) is 38.5 Å². The molecule has 9 nitrogen and oxygen atoms in total. The van der Waals surface area contributed by atoms with Crippen LogP contribution in [-0.4, -0.2) is 56.5 Å². The maximum absolute atomic E-state index is 12.0. The normalized spacial score (nSPS) is 25.3. The van der Waals surface area contributed by atoms with Gasteiger partial charge in [-0.1, -0.05) is 6.42 Å². The van der Waals surface area contributed by atoms with Gasteiger partial charge in [-0.05, 0) is 69.5 Å². The number of rotatable bonds is 7. The zero-order chi connectivity index (χ0) is 24.0. The molecule has 0 bridgehead atoms. The summed E-state index contributed by atoms with van der Waals surface area (Å²) >= 11 is 0. The fourth-order valence-corrected chi connectivity index (χ4v) is 5.17. The fourth-order valence-electron chi connectivity index (χ4n) is 4.53. The number of amides is 1. The number of nitrogens with two attached hydrogens (primary N) is 2. The molecule has 1 saturated carbocycles. The zero-order valence-electron chi connectivity index (χ0n) is 18.9. The molecule has 0 aromatic heterocycles. The minimum Gasteiger partial charge on any atom is -0.386 e. The standard InChI is InChI=1S/C23H32N6O3S/c1-33(31,32)19-8-5-17(6-9-19)28-22(25)20(23(26)30)15-27-21-10-7-18(13-16(21)14-24)29-11-3-2-4-12-29/h5-6,8-9,15-16,18,21,27H,2-4,7,10-13H2,1H3,(H2,25,28)(H2,26,30)/b20-15+/t16-,18+,21+/m1/s1. The van der Waals surface area contributed by atoms with Crippen LogP contribution in [0.25, 0.3) is 0 Å². The molecule has 3 atom stereocenters. The Hall–Kier alpha value is -2.90. The molecule has 1 aromatic carbocycles. The first-order chi connectivity index (χ1) is 15.7. The molecule has 1 saturated heterocycles.